The smallest absolute Gasteiger partial charge is 0.340 e. The highest BCUT2D eigenvalue weighted by atomic mass is 32.2. The first-order chi connectivity index (χ1) is 11.8. The number of para-hydroxylation sites is 1. The number of nitrogens with two attached hydrogens (primary N) is 1. The molecule has 0 spiro atoms. The Morgan fingerprint density at radius 2 is 1.88 bits per heavy atom. The molecule has 0 amide bonds. The van der Waals surface area contributed by atoms with Crippen molar-refractivity contribution in [3.05, 3.63) is 75.4 Å². The van der Waals surface area contributed by atoms with Crippen molar-refractivity contribution < 1.29 is 17.2 Å². The number of rotatable bonds is 4. The van der Waals surface area contributed by atoms with Crippen LogP contribution in [0.15, 0.2) is 51.7 Å². The van der Waals surface area contributed by atoms with Gasteiger partial charge in [0, 0.05) is 17.4 Å². The van der Waals surface area contributed by atoms with Gasteiger partial charge in [-0.25, -0.2) is 14.3 Å². The number of halogens is 1. The molecule has 0 aliphatic rings. The molecule has 0 saturated heterocycles. The largest absolute Gasteiger partial charge is 0.423 e. The van der Waals surface area contributed by atoms with Crippen LogP contribution in [0.2, 0.25) is 0 Å². The minimum Gasteiger partial charge on any atom is -0.423 e. The topological polar surface area (TPSA) is 102 Å². The van der Waals surface area contributed by atoms with Gasteiger partial charge in [-0.1, -0.05) is 30.3 Å². The quantitative estimate of drug-likeness (QED) is 0.696. The van der Waals surface area contributed by atoms with E-state index >= 15 is 0 Å². The number of anilines is 1. The van der Waals surface area contributed by atoms with E-state index in [9.17, 15) is 17.6 Å². The summed E-state index contributed by atoms with van der Waals surface area (Å²) in [7, 11) is -4.10. The third kappa shape index (κ3) is 3.54. The number of nitrogens with one attached hydrogen (secondary N) is 1. The van der Waals surface area contributed by atoms with E-state index in [0.29, 0.717) is 16.7 Å². The van der Waals surface area contributed by atoms with E-state index in [1.54, 1.807) is 19.1 Å². The van der Waals surface area contributed by atoms with E-state index in [1.807, 2.05) is 16.9 Å². The van der Waals surface area contributed by atoms with Crippen molar-refractivity contribution in [3.63, 3.8) is 0 Å². The lowest BCUT2D eigenvalue weighted by Crippen LogP contribution is -2.22. The Morgan fingerprint density at radius 1 is 1.16 bits per heavy atom. The molecule has 0 atom stereocenters. The highest BCUT2D eigenvalue weighted by Gasteiger charge is 2.16. The molecule has 0 radical (unpaired) electrons. The molecule has 2 aromatic carbocycles. The van der Waals surface area contributed by atoms with E-state index in [-0.39, 0.29) is 17.7 Å². The van der Waals surface area contributed by atoms with Crippen LogP contribution in [-0.4, -0.2) is 8.42 Å². The minimum absolute atomic E-state index is 0.0367. The van der Waals surface area contributed by atoms with Crippen LogP contribution in [0.1, 0.15) is 16.7 Å². The molecule has 0 fully saturated rings. The van der Waals surface area contributed by atoms with Crippen molar-refractivity contribution in [1.29, 1.82) is 0 Å². The highest BCUT2D eigenvalue weighted by molar-refractivity contribution is 7.90. The van der Waals surface area contributed by atoms with E-state index in [0.717, 1.165) is 5.39 Å². The van der Waals surface area contributed by atoms with Gasteiger partial charge >= 0.3 is 5.63 Å². The molecule has 0 aliphatic heterocycles. The maximum atomic E-state index is 14.6. The second-order valence-corrected chi connectivity index (χ2v) is 6.89. The second kappa shape index (κ2) is 6.30. The van der Waals surface area contributed by atoms with Gasteiger partial charge < -0.3 is 4.42 Å². The van der Waals surface area contributed by atoms with E-state index in [2.05, 4.69) is 0 Å². The maximum Gasteiger partial charge on any atom is 0.340 e. The SMILES string of the molecule is Cc1c(Cc2cccc(NS(N)(=O)=O)c2F)c(=O)oc2ccccc12. The Labute approximate surface area is 143 Å². The van der Waals surface area contributed by atoms with Crippen LogP contribution in [-0.2, 0) is 16.6 Å². The zero-order chi connectivity index (χ0) is 18.2. The monoisotopic (exact) mass is 362 g/mol. The first kappa shape index (κ1) is 17.1. The molecule has 1 aromatic heterocycles. The summed E-state index contributed by atoms with van der Waals surface area (Å²) in [6, 6.07) is 11.3. The number of hydrogen-bond donors (Lipinski definition) is 2. The fourth-order valence-corrected chi connectivity index (χ4v) is 3.15. The van der Waals surface area contributed by atoms with Gasteiger partial charge in [0.2, 0.25) is 0 Å². The Hall–Kier alpha value is -2.71. The van der Waals surface area contributed by atoms with Crippen molar-refractivity contribution >= 4 is 26.9 Å². The van der Waals surface area contributed by atoms with Crippen LogP contribution < -0.4 is 15.5 Å². The van der Waals surface area contributed by atoms with Gasteiger partial charge in [0.05, 0.1) is 5.69 Å². The third-order valence-corrected chi connectivity index (χ3v) is 4.40. The molecular weight excluding hydrogens is 347 g/mol. The fraction of sp³-hybridized carbons (Fsp3) is 0.118. The molecule has 3 rings (SSSR count). The molecule has 0 aliphatic carbocycles. The van der Waals surface area contributed by atoms with Gasteiger partial charge in [-0.05, 0) is 30.2 Å². The summed E-state index contributed by atoms with van der Waals surface area (Å²) < 4.78 is 44.0. The molecule has 6 nitrogen and oxygen atoms in total. The Morgan fingerprint density at radius 3 is 2.60 bits per heavy atom. The predicted molar refractivity (Wildman–Crippen MR) is 93.2 cm³/mol. The molecule has 0 bridgehead atoms. The minimum atomic E-state index is -4.10. The Balaban J connectivity index is 2.08. The molecule has 130 valence electrons. The van der Waals surface area contributed by atoms with E-state index in [1.165, 1.54) is 18.2 Å². The lowest BCUT2D eigenvalue weighted by molar-refractivity contribution is 0.549. The summed E-state index contributed by atoms with van der Waals surface area (Å²) in [5, 5.41) is 5.64. The van der Waals surface area contributed by atoms with Crippen molar-refractivity contribution in [2.45, 2.75) is 13.3 Å². The van der Waals surface area contributed by atoms with Gasteiger partial charge in [-0.3, -0.25) is 4.72 Å². The third-order valence-electron chi connectivity index (χ3n) is 3.89. The van der Waals surface area contributed by atoms with Gasteiger partial charge in [0.25, 0.3) is 10.2 Å². The fourth-order valence-electron chi connectivity index (χ4n) is 2.69. The van der Waals surface area contributed by atoms with Crippen LogP contribution in [0.3, 0.4) is 0 Å². The molecule has 0 saturated carbocycles. The van der Waals surface area contributed by atoms with Crippen LogP contribution >= 0.6 is 0 Å². The van der Waals surface area contributed by atoms with Crippen LogP contribution in [0.25, 0.3) is 11.0 Å². The predicted octanol–water partition coefficient (Wildman–Crippen LogP) is 2.45. The number of benzene rings is 2. The second-order valence-electron chi connectivity index (χ2n) is 5.59. The van der Waals surface area contributed by atoms with Crippen molar-refractivity contribution in [1.82, 2.24) is 0 Å². The molecule has 0 unspecified atom stereocenters. The molecule has 3 N–H and O–H groups in total. The van der Waals surface area contributed by atoms with Gasteiger partial charge in [-0.2, -0.15) is 8.42 Å². The van der Waals surface area contributed by atoms with Crippen molar-refractivity contribution in [2.24, 2.45) is 5.14 Å². The summed E-state index contributed by atoms with van der Waals surface area (Å²) in [5.41, 5.74) is 0.780. The van der Waals surface area contributed by atoms with Gasteiger partial charge in [0.15, 0.2) is 5.82 Å². The first-order valence-electron chi connectivity index (χ1n) is 7.35. The van der Waals surface area contributed by atoms with Crippen LogP contribution in [0.4, 0.5) is 10.1 Å². The van der Waals surface area contributed by atoms with E-state index < -0.39 is 21.7 Å². The molecule has 1 heterocycles. The number of fused-ring (bicyclic) bond motifs is 1. The maximum absolute atomic E-state index is 14.6. The van der Waals surface area contributed by atoms with Crippen LogP contribution in [0, 0.1) is 12.7 Å². The van der Waals surface area contributed by atoms with Crippen LogP contribution in [0.5, 0.6) is 0 Å². The molecular formula is C17H15FN2O4S. The standard InChI is InChI=1S/C17H15FN2O4S/c1-10-12-6-2-3-8-15(12)24-17(21)13(10)9-11-5-4-7-14(16(11)18)20-25(19,22)23/h2-8,20H,9H2,1H3,(H2,19,22,23). The average Bonchev–Trinajstić information content (AvgIpc) is 2.53. The highest BCUT2D eigenvalue weighted by Crippen LogP contribution is 2.24. The lowest BCUT2D eigenvalue weighted by Gasteiger charge is -2.11. The normalized spacial score (nSPS) is 11.6. The number of aryl methyl sites for hydroxylation is 1. The average molecular weight is 362 g/mol. The summed E-state index contributed by atoms with van der Waals surface area (Å²) in [5.74, 6) is -0.788. The van der Waals surface area contributed by atoms with Crippen molar-refractivity contribution in [3.8, 4) is 0 Å². The van der Waals surface area contributed by atoms with Crippen molar-refractivity contribution in [2.75, 3.05) is 4.72 Å². The van der Waals surface area contributed by atoms with Gasteiger partial charge in [0.1, 0.15) is 5.58 Å². The summed E-state index contributed by atoms with van der Waals surface area (Å²) in [6.45, 7) is 1.76. The lowest BCUT2D eigenvalue weighted by atomic mass is 9.99. The molecule has 8 heteroatoms. The van der Waals surface area contributed by atoms with E-state index in [4.69, 9.17) is 9.56 Å². The summed E-state index contributed by atoms with van der Waals surface area (Å²) in [4.78, 5) is 12.3. The van der Waals surface area contributed by atoms with Gasteiger partial charge in [-0.15, -0.1) is 0 Å². The summed E-state index contributed by atoms with van der Waals surface area (Å²) >= 11 is 0. The molecule has 3 aromatic rings. The summed E-state index contributed by atoms with van der Waals surface area (Å²) in [6.07, 6.45) is -0.0367. The Bertz CT molecular complexity index is 1120. The first-order valence-corrected chi connectivity index (χ1v) is 8.90. The Kier molecular flexibility index (Phi) is 4.32. The number of hydrogen-bond acceptors (Lipinski definition) is 4. The molecule has 25 heavy (non-hydrogen) atoms. The zero-order valence-corrected chi connectivity index (χ0v) is 14.1. The zero-order valence-electron chi connectivity index (χ0n) is 13.2.